The van der Waals surface area contributed by atoms with Gasteiger partial charge < -0.3 is 5.32 Å². The summed E-state index contributed by atoms with van der Waals surface area (Å²) < 4.78 is 15.3. The number of halogens is 1. The fourth-order valence-electron chi connectivity index (χ4n) is 3.11. The summed E-state index contributed by atoms with van der Waals surface area (Å²) in [6, 6.07) is 19.4. The summed E-state index contributed by atoms with van der Waals surface area (Å²) in [4.78, 5) is 16.6. The Morgan fingerprint density at radius 2 is 1.74 bits per heavy atom. The molecule has 4 aromatic rings. The van der Waals surface area contributed by atoms with Crippen LogP contribution in [0.5, 0.6) is 0 Å². The minimum atomic E-state index is -0.328. The standard InChI is InChI=1S/C23H20FN5OS/c1-16(17-5-3-2-4-6-17)26-21(30)15-31-23-28-27-22(18-11-13-25-14-12-18)29(23)20-9-7-19(24)8-10-20/h2-14,16H,15H2,1H3,(H,26,30). The minimum absolute atomic E-state index is 0.100. The Hall–Kier alpha value is -3.52. The maximum atomic E-state index is 13.5. The fourth-order valence-corrected chi connectivity index (χ4v) is 3.88. The monoisotopic (exact) mass is 433 g/mol. The average Bonchev–Trinajstić information content (AvgIpc) is 3.23. The molecule has 0 aliphatic rings. The molecule has 156 valence electrons. The van der Waals surface area contributed by atoms with Crippen LogP contribution in [0.4, 0.5) is 4.39 Å². The van der Waals surface area contributed by atoms with Crippen LogP contribution in [-0.2, 0) is 4.79 Å². The van der Waals surface area contributed by atoms with Crippen molar-refractivity contribution in [3.05, 3.63) is 90.5 Å². The van der Waals surface area contributed by atoms with Crippen LogP contribution in [0.2, 0.25) is 0 Å². The second-order valence-electron chi connectivity index (χ2n) is 6.84. The molecule has 2 aromatic carbocycles. The third-order valence-electron chi connectivity index (χ3n) is 4.67. The first-order chi connectivity index (χ1) is 15.1. The summed E-state index contributed by atoms with van der Waals surface area (Å²) in [5.41, 5.74) is 2.56. The summed E-state index contributed by atoms with van der Waals surface area (Å²) >= 11 is 1.27. The Kier molecular flexibility index (Phi) is 6.37. The SMILES string of the molecule is CC(NC(=O)CSc1nnc(-c2ccncc2)n1-c1ccc(F)cc1)c1ccccc1. The van der Waals surface area contributed by atoms with Crippen molar-refractivity contribution in [1.82, 2.24) is 25.1 Å². The molecular formula is C23H20FN5OS. The fraction of sp³-hybridized carbons (Fsp3) is 0.130. The van der Waals surface area contributed by atoms with Crippen molar-refractivity contribution in [3.8, 4) is 17.1 Å². The van der Waals surface area contributed by atoms with Crippen molar-refractivity contribution >= 4 is 17.7 Å². The first kappa shape index (κ1) is 20.7. The van der Waals surface area contributed by atoms with Crippen molar-refractivity contribution < 1.29 is 9.18 Å². The highest BCUT2D eigenvalue weighted by Gasteiger charge is 2.18. The number of hydrogen-bond donors (Lipinski definition) is 1. The highest BCUT2D eigenvalue weighted by atomic mass is 32.2. The van der Waals surface area contributed by atoms with E-state index in [-0.39, 0.29) is 23.5 Å². The van der Waals surface area contributed by atoms with E-state index in [9.17, 15) is 9.18 Å². The van der Waals surface area contributed by atoms with Gasteiger partial charge in [0.1, 0.15) is 5.82 Å². The number of thioether (sulfide) groups is 1. The summed E-state index contributed by atoms with van der Waals surface area (Å²) in [7, 11) is 0. The number of nitrogens with one attached hydrogen (secondary N) is 1. The van der Waals surface area contributed by atoms with E-state index in [4.69, 9.17) is 0 Å². The molecule has 1 unspecified atom stereocenters. The van der Waals surface area contributed by atoms with Crippen molar-refractivity contribution in [2.45, 2.75) is 18.1 Å². The predicted molar refractivity (Wildman–Crippen MR) is 118 cm³/mol. The molecule has 0 aliphatic heterocycles. The quantitative estimate of drug-likeness (QED) is 0.436. The summed E-state index contributed by atoms with van der Waals surface area (Å²) in [5.74, 6) is 0.327. The third-order valence-corrected chi connectivity index (χ3v) is 5.60. The van der Waals surface area contributed by atoms with Crippen LogP contribution >= 0.6 is 11.8 Å². The zero-order valence-corrected chi connectivity index (χ0v) is 17.6. The van der Waals surface area contributed by atoms with Crippen LogP contribution in [0.15, 0.2) is 84.3 Å². The van der Waals surface area contributed by atoms with E-state index in [1.165, 1.54) is 23.9 Å². The maximum absolute atomic E-state index is 13.5. The van der Waals surface area contributed by atoms with Crippen molar-refractivity contribution in [1.29, 1.82) is 0 Å². The van der Waals surface area contributed by atoms with E-state index < -0.39 is 0 Å². The van der Waals surface area contributed by atoms with E-state index in [1.54, 1.807) is 24.5 Å². The van der Waals surface area contributed by atoms with Crippen LogP contribution in [0.1, 0.15) is 18.5 Å². The molecule has 8 heteroatoms. The van der Waals surface area contributed by atoms with Gasteiger partial charge in [0.2, 0.25) is 5.91 Å². The van der Waals surface area contributed by atoms with Gasteiger partial charge in [0.05, 0.1) is 11.8 Å². The van der Waals surface area contributed by atoms with Crippen LogP contribution in [0, 0.1) is 5.82 Å². The topological polar surface area (TPSA) is 72.7 Å². The van der Waals surface area contributed by atoms with Gasteiger partial charge in [-0.3, -0.25) is 14.3 Å². The molecule has 1 amide bonds. The molecule has 0 bridgehead atoms. The predicted octanol–water partition coefficient (Wildman–Crippen LogP) is 4.44. The minimum Gasteiger partial charge on any atom is -0.349 e. The van der Waals surface area contributed by atoms with Gasteiger partial charge in [-0.15, -0.1) is 10.2 Å². The summed E-state index contributed by atoms with van der Waals surface area (Å²) in [5, 5.41) is 12.1. The number of carbonyl (C=O) groups excluding carboxylic acids is 1. The normalized spacial score (nSPS) is 11.8. The Balaban J connectivity index is 1.55. The van der Waals surface area contributed by atoms with E-state index in [0.29, 0.717) is 16.7 Å². The zero-order valence-electron chi connectivity index (χ0n) is 16.8. The third kappa shape index (κ3) is 4.97. The number of pyridine rings is 1. The summed E-state index contributed by atoms with van der Waals surface area (Å²) in [6.07, 6.45) is 3.34. The number of carbonyl (C=O) groups is 1. The molecule has 2 aromatic heterocycles. The smallest absolute Gasteiger partial charge is 0.230 e. The van der Waals surface area contributed by atoms with E-state index in [2.05, 4.69) is 20.5 Å². The molecule has 2 heterocycles. The van der Waals surface area contributed by atoms with Crippen molar-refractivity contribution in [2.24, 2.45) is 0 Å². The lowest BCUT2D eigenvalue weighted by atomic mass is 10.1. The highest BCUT2D eigenvalue weighted by molar-refractivity contribution is 7.99. The largest absolute Gasteiger partial charge is 0.349 e. The number of rotatable bonds is 7. The molecule has 6 nitrogen and oxygen atoms in total. The molecule has 0 fully saturated rings. The summed E-state index contributed by atoms with van der Waals surface area (Å²) in [6.45, 7) is 1.94. The number of nitrogens with zero attached hydrogens (tertiary/aromatic N) is 4. The Morgan fingerprint density at radius 3 is 2.45 bits per heavy atom. The van der Waals surface area contributed by atoms with Crippen LogP contribution in [-0.4, -0.2) is 31.4 Å². The molecule has 0 saturated carbocycles. The molecule has 1 atom stereocenters. The van der Waals surface area contributed by atoms with Gasteiger partial charge in [-0.25, -0.2) is 4.39 Å². The van der Waals surface area contributed by atoms with Gasteiger partial charge in [0, 0.05) is 23.6 Å². The molecule has 31 heavy (non-hydrogen) atoms. The van der Waals surface area contributed by atoms with E-state index >= 15 is 0 Å². The first-order valence-corrected chi connectivity index (χ1v) is 10.7. The number of hydrogen-bond acceptors (Lipinski definition) is 5. The number of aromatic nitrogens is 4. The Labute approximate surface area is 183 Å². The maximum Gasteiger partial charge on any atom is 0.230 e. The second-order valence-corrected chi connectivity index (χ2v) is 7.78. The molecule has 0 radical (unpaired) electrons. The second kappa shape index (κ2) is 9.53. The lowest BCUT2D eigenvalue weighted by Crippen LogP contribution is -2.28. The van der Waals surface area contributed by atoms with Gasteiger partial charge >= 0.3 is 0 Å². The van der Waals surface area contributed by atoms with E-state index in [0.717, 1.165) is 11.1 Å². The lowest BCUT2D eigenvalue weighted by Gasteiger charge is -2.14. The van der Waals surface area contributed by atoms with Gasteiger partial charge in [0.25, 0.3) is 0 Å². The molecule has 4 rings (SSSR count). The molecule has 0 spiro atoms. The number of amides is 1. The Morgan fingerprint density at radius 1 is 1.03 bits per heavy atom. The van der Waals surface area contributed by atoms with Crippen LogP contribution < -0.4 is 5.32 Å². The highest BCUT2D eigenvalue weighted by Crippen LogP contribution is 2.28. The number of benzene rings is 2. The average molecular weight is 434 g/mol. The van der Waals surface area contributed by atoms with Crippen molar-refractivity contribution in [2.75, 3.05) is 5.75 Å². The van der Waals surface area contributed by atoms with Gasteiger partial charge in [-0.05, 0) is 48.9 Å². The zero-order chi connectivity index (χ0) is 21.6. The van der Waals surface area contributed by atoms with Crippen LogP contribution in [0.25, 0.3) is 17.1 Å². The van der Waals surface area contributed by atoms with Gasteiger partial charge in [-0.1, -0.05) is 42.1 Å². The molecule has 0 aliphatic carbocycles. The van der Waals surface area contributed by atoms with Gasteiger partial charge in [-0.2, -0.15) is 0 Å². The lowest BCUT2D eigenvalue weighted by molar-refractivity contribution is -0.119. The molecule has 1 N–H and O–H groups in total. The molecule has 0 saturated heterocycles. The van der Waals surface area contributed by atoms with E-state index in [1.807, 2.05) is 54.0 Å². The van der Waals surface area contributed by atoms with Crippen molar-refractivity contribution in [3.63, 3.8) is 0 Å². The Bertz CT molecular complexity index is 1150. The van der Waals surface area contributed by atoms with Gasteiger partial charge in [0.15, 0.2) is 11.0 Å². The first-order valence-electron chi connectivity index (χ1n) is 9.70. The molecular weight excluding hydrogens is 413 g/mol. The van der Waals surface area contributed by atoms with Crippen LogP contribution in [0.3, 0.4) is 0 Å².